The van der Waals surface area contributed by atoms with Crippen LogP contribution in [0, 0.1) is 5.82 Å². The fourth-order valence-corrected chi connectivity index (χ4v) is 3.36. The number of hydrogen-bond acceptors (Lipinski definition) is 3. The van der Waals surface area contributed by atoms with Gasteiger partial charge in [0.1, 0.15) is 5.82 Å². The molecule has 0 fully saturated rings. The summed E-state index contributed by atoms with van der Waals surface area (Å²) in [5.74, 6) is 1.46. The molecule has 1 amide bonds. The van der Waals surface area contributed by atoms with Crippen LogP contribution in [-0.4, -0.2) is 37.8 Å². The van der Waals surface area contributed by atoms with E-state index in [1.54, 1.807) is 30.9 Å². The van der Waals surface area contributed by atoms with E-state index in [1.165, 1.54) is 24.6 Å². The van der Waals surface area contributed by atoms with Gasteiger partial charge in [0, 0.05) is 37.6 Å². The summed E-state index contributed by atoms with van der Waals surface area (Å²) in [6, 6.07) is 14.4. The monoisotopic (exact) mass is 530 g/mol. The van der Waals surface area contributed by atoms with E-state index in [2.05, 4.69) is 20.9 Å². The van der Waals surface area contributed by atoms with Crippen molar-refractivity contribution < 1.29 is 9.18 Å². The summed E-state index contributed by atoms with van der Waals surface area (Å²) < 4.78 is 12.9. The predicted octanol–water partition coefficient (Wildman–Crippen LogP) is 4.29. The molecule has 0 unspecified atom stereocenters. The van der Waals surface area contributed by atoms with Gasteiger partial charge in [-0.15, -0.1) is 35.7 Å². The lowest BCUT2D eigenvalue weighted by Crippen LogP contribution is -2.38. The molecular formula is C21H28FIN4OS. The predicted molar refractivity (Wildman–Crippen MR) is 131 cm³/mol. The summed E-state index contributed by atoms with van der Waals surface area (Å²) in [5, 5.41) is 9.36. The molecule has 0 saturated carbocycles. The summed E-state index contributed by atoms with van der Waals surface area (Å²) >= 11 is 1.72. The van der Waals surface area contributed by atoms with E-state index >= 15 is 0 Å². The van der Waals surface area contributed by atoms with Crippen molar-refractivity contribution >= 4 is 53.3 Å². The molecule has 0 aliphatic carbocycles. The van der Waals surface area contributed by atoms with E-state index in [1.807, 2.05) is 24.3 Å². The third-order valence-corrected chi connectivity index (χ3v) is 5.00. The molecule has 0 saturated heterocycles. The van der Waals surface area contributed by atoms with Crippen molar-refractivity contribution in [3.05, 3.63) is 59.9 Å². The minimum atomic E-state index is -0.204. The van der Waals surface area contributed by atoms with Crippen molar-refractivity contribution in [3.8, 4) is 0 Å². The van der Waals surface area contributed by atoms with Crippen LogP contribution < -0.4 is 16.0 Å². The van der Waals surface area contributed by atoms with Crippen molar-refractivity contribution in [1.82, 2.24) is 10.6 Å². The molecule has 0 aliphatic heterocycles. The fraction of sp³-hybridized carbons (Fsp3) is 0.333. The lowest BCUT2D eigenvalue weighted by Gasteiger charge is -2.12. The van der Waals surface area contributed by atoms with Gasteiger partial charge in [0.05, 0.1) is 0 Å². The number of hydrogen-bond donors (Lipinski definition) is 3. The Morgan fingerprint density at radius 3 is 2.31 bits per heavy atom. The maximum atomic E-state index is 12.9. The van der Waals surface area contributed by atoms with Gasteiger partial charge in [0.2, 0.25) is 5.91 Å². The molecule has 5 nitrogen and oxygen atoms in total. The smallest absolute Gasteiger partial charge is 0.221 e. The topological polar surface area (TPSA) is 65.5 Å². The molecule has 8 heteroatoms. The number of anilines is 1. The zero-order valence-corrected chi connectivity index (χ0v) is 19.9. The second-order valence-electron chi connectivity index (χ2n) is 6.21. The molecule has 2 aromatic rings. The highest BCUT2D eigenvalue weighted by Crippen LogP contribution is 2.18. The highest BCUT2D eigenvalue weighted by molar-refractivity contribution is 14.0. The number of thioether (sulfide) groups is 1. The molecule has 0 spiro atoms. The first-order valence-corrected chi connectivity index (χ1v) is 10.2. The summed E-state index contributed by atoms with van der Waals surface area (Å²) in [7, 11) is 1.75. The molecule has 0 bridgehead atoms. The normalized spacial score (nSPS) is 10.8. The quantitative estimate of drug-likeness (QED) is 0.149. The van der Waals surface area contributed by atoms with Gasteiger partial charge in [0.25, 0.3) is 0 Å². The van der Waals surface area contributed by atoms with Crippen molar-refractivity contribution in [2.45, 2.75) is 24.7 Å². The van der Waals surface area contributed by atoms with Crippen molar-refractivity contribution in [1.29, 1.82) is 0 Å². The van der Waals surface area contributed by atoms with E-state index in [0.717, 1.165) is 48.2 Å². The number of aliphatic imine (C=N–C) groups is 1. The lowest BCUT2D eigenvalue weighted by molar-refractivity contribution is -0.114. The SMILES string of the molecule is CN=C(NCCCSc1ccc(F)cc1)NCCc1ccc(NC(C)=O)cc1.I. The number of carbonyl (C=O) groups is 1. The molecule has 3 N–H and O–H groups in total. The van der Waals surface area contributed by atoms with Crippen LogP contribution in [0.4, 0.5) is 10.1 Å². The van der Waals surface area contributed by atoms with Crippen LogP contribution in [0.25, 0.3) is 0 Å². The first-order chi connectivity index (χ1) is 13.6. The highest BCUT2D eigenvalue weighted by atomic mass is 127. The zero-order chi connectivity index (χ0) is 20.2. The highest BCUT2D eigenvalue weighted by Gasteiger charge is 2.00. The number of nitrogens with one attached hydrogen (secondary N) is 3. The molecule has 0 aromatic heterocycles. The van der Waals surface area contributed by atoms with E-state index in [9.17, 15) is 9.18 Å². The molecule has 0 atom stereocenters. The Kier molecular flexibility index (Phi) is 12.4. The second-order valence-corrected chi connectivity index (χ2v) is 7.38. The Hall–Kier alpha value is -1.81. The molecule has 158 valence electrons. The van der Waals surface area contributed by atoms with Crippen LogP contribution >= 0.6 is 35.7 Å². The molecule has 0 aliphatic rings. The maximum Gasteiger partial charge on any atom is 0.221 e. The standard InChI is InChI=1S/C21H27FN4OS.HI/c1-16(27)26-19-8-4-17(5-9-19)12-14-25-21(23-2)24-13-3-15-28-20-10-6-18(22)7-11-20;/h4-11H,3,12-15H2,1-2H3,(H,26,27)(H2,23,24,25);1H. The summed E-state index contributed by atoms with van der Waals surface area (Å²) in [5.41, 5.74) is 1.99. The van der Waals surface area contributed by atoms with Crippen LogP contribution in [0.1, 0.15) is 18.9 Å². The van der Waals surface area contributed by atoms with Crippen molar-refractivity contribution in [2.24, 2.45) is 4.99 Å². The van der Waals surface area contributed by atoms with Gasteiger partial charge in [-0.3, -0.25) is 9.79 Å². The minimum Gasteiger partial charge on any atom is -0.356 e. The van der Waals surface area contributed by atoms with Crippen LogP contribution in [0.15, 0.2) is 58.4 Å². The number of halogens is 2. The number of amides is 1. The number of rotatable bonds is 9. The fourth-order valence-electron chi connectivity index (χ4n) is 2.50. The number of carbonyl (C=O) groups excluding carboxylic acids is 1. The van der Waals surface area contributed by atoms with Crippen molar-refractivity contribution in [2.75, 3.05) is 31.2 Å². The maximum absolute atomic E-state index is 12.9. The third-order valence-electron chi connectivity index (χ3n) is 3.90. The van der Waals surface area contributed by atoms with E-state index in [-0.39, 0.29) is 35.7 Å². The first-order valence-electron chi connectivity index (χ1n) is 9.26. The minimum absolute atomic E-state index is 0. The van der Waals surface area contributed by atoms with E-state index in [4.69, 9.17) is 0 Å². The van der Waals surface area contributed by atoms with Crippen LogP contribution in [0.5, 0.6) is 0 Å². The number of nitrogens with zero attached hydrogens (tertiary/aromatic N) is 1. The molecule has 0 heterocycles. The first kappa shape index (κ1) is 25.2. The Labute approximate surface area is 193 Å². The Morgan fingerprint density at radius 1 is 1.03 bits per heavy atom. The van der Waals surface area contributed by atoms with Crippen LogP contribution in [-0.2, 0) is 11.2 Å². The van der Waals surface area contributed by atoms with Gasteiger partial charge >= 0.3 is 0 Å². The number of benzene rings is 2. The molecule has 0 radical (unpaired) electrons. The molecule has 2 rings (SSSR count). The Balaban J connectivity index is 0.00000420. The van der Waals surface area contributed by atoms with Gasteiger partial charge in [-0.2, -0.15) is 0 Å². The Morgan fingerprint density at radius 2 is 1.69 bits per heavy atom. The molecule has 29 heavy (non-hydrogen) atoms. The average Bonchev–Trinajstić information content (AvgIpc) is 2.68. The molecular weight excluding hydrogens is 502 g/mol. The average molecular weight is 530 g/mol. The van der Waals surface area contributed by atoms with Crippen LogP contribution in [0.3, 0.4) is 0 Å². The summed E-state index contributed by atoms with van der Waals surface area (Å²) in [6.45, 7) is 3.08. The van der Waals surface area contributed by atoms with Gasteiger partial charge in [0.15, 0.2) is 5.96 Å². The van der Waals surface area contributed by atoms with E-state index in [0.29, 0.717) is 0 Å². The van der Waals surface area contributed by atoms with Gasteiger partial charge in [-0.1, -0.05) is 12.1 Å². The Bertz CT molecular complexity index is 769. The van der Waals surface area contributed by atoms with Crippen molar-refractivity contribution in [3.63, 3.8) is 0 Å². The lowest BCUT2D eigenvalue weighted by atomic mass is 10.1. The van der Waals surface area contributed by atoms with Crippen LogP contribution in [0.2, 0.25) is 0 Å². The largest absolute Gasteiger partial charge is 0.356 e. The van der Waals surface area contributed by atoms with E-state index < -0.39 is 0 Å². The number of guanidine groups is 1. The van der Waals surface area contributed by atoms with Gasteiger partial charge in [-0.05, 0) is 60.6 Å². The van der Waals surface area contributed by atoms with Gasteiger partial charge < -0.3 is 16.0 Å². The zero-order valence-electron chi connectivity index (χ0n) is 16.7. The summed E-state index contributed by atoms with van der Waals surface area (Å²) in [6.07, 6.45) is 1.84. The summed E-state index contributed by atoms with van der Waals surface area (Å²) in [4.78, 5) is 16.3. The molecule has 2 aromatic carbocycles. The van der Waals surface area contributed by atoms with Gasteiger partial charge in [-0.25, -0.2) is 4.39 Å². The second kappa shape index (κ2) is 14.2. The third kappa shape index (κ3) is 10.5.